The van der Waals surface area contributed by atoms with Gasteiger partial charge in [0.2, 0.25) is 5.91 Å². The summed E-state index contributed by atoms with van der Waals surface area (Å²) < 4.78 is 23.2. The molecule has 3 N–H and O–H groups in total. The summed E-state index contributed by atoms with van der Waals surface area (Å²) in [5, 5.41) is 9.02. The first-order valence-corrected chi connectivity index (χ1v) is 13.4. The number of sulfone groups is 1. The Balaban J connectivity index is 1.13. The number of rotatable bonds is 4. The van der Waals surface area contributed by atoms with E-state index in [4.69, 9.17) is 0 Å². The molecule has 1 saturated heterocycles. The van der Waals surface area contributed by atoms with Crippen LogP contribution in [-0.4, -0.2) is 49.3 Å². The molecule has 9 heteroatoms. The molecule has 0 saturated carbocycles. The zero-order valence-corrected chi connectivity index (χ0v) is 19.6. The van der Waals surface area contributed by atoms with E-state index in [2.05, 4.69) is 22.0 Å². The number of benzene rings is 1. The van der Waals surface area contributed by atoms with Crippen LogP contribution in [0, 0.1) is 5.92 Å². The van der Waals surface area contributed by atoms with Crippen LogP contribution in [0.25, 0.3) is 5.57 Å². The molecule has 1 aliphatic carbocycles. The number of amides is 3. The van der Waals surface area contributed by atoms with E-state index in [0.717, 1.165) is 41.7 Å². The maximum Gasteiger partial charge on any atom is 0.326 e. The van der Waals surface area contributed by atoms with Crippen LogP contribution < -0.4 is 16.0 Å². The fourth-order valence-corrected chi connectivity index (χ4v) is 6.52. The first kappa shape index (κ1) is 22.5. The lowest BCUT2D eigenvalue weighted by Gasteiger charge is -2.24. The summed E-state index contributed by atoms with van der Waals surface area (Å²) in [5.41, 5.74) is 5.17. The van der Waals surface area contributed by atoms with Gasteiger partial charge in [-0.3, -0.25) is 9.69 Å². The second-order valence-electron chi connectivity index (χ2n) is 9.20. The zero-order valence-electron chi connectivity index (χ0n) is 18.8. The van der Waals surface area contributed by atoms with Crippen molar-refractivity contribution in [2.45, 2.75) is 31.7 Å². The highest BCUT2D eigenvalue weighted by Crippen LogP contribution is 2.29. The highest BCUT2D eigenvalue weighted by atomic mass is 32.2. The van der Waals surface area contributed by atoms with E-state index >= 15 is 0 Å². The summed E-state index contributed by atoms with van der Waals surface area (Å²) in [7, 11) is -3.06. The molecule has 8 nitrogen and oxygen atoms in total. The monoisotopic (exact) mass is 480 g/mol. The molecule has 0 bridgehead atoms. The molecule has 0 radical (unpaired) electrons. The van der Waals surface area contributed by atoms with Gasteiger partial charge in [0.15, 0.2) is 9.84 Å². The number of nitrogens with one attached hydrogen (secondary N) is 3. The molecule has 1 aromatic rings. The first-order chi connectivity index (χ1) is 16.4. The number of carbonyl (C=O) groups is 2. The largest absolute Gasteiger partial charge is 0.367 e. The Morgan fingerprint density at radius 2 is 1.91 bits per heavy atom. The number of nitrogens with zero attached hydrogens (tertiary/aromatic N) is 1. The molecule has 0 aromatic heterocycles. The summed E-state index contributed by atoms with van der Waals surface area (Å²) in [6.45, 7) is 0.539. The molecule has 0 spiro atoms. The molecule has 1 aromatic carbocycles. The van der Waals surface area contributed by atoms with Crippen molar-refractivity contribution in [2.24, 2.45) is 5.92 Å². The highest BCUT2D eigenvalue weighted by Gasteiger charge is 2.34. The van der Waals surface area contributed by atoms with Crippen LogP contribution in [0.5, 0.6) is 0 Å². The summed E-state index contributed by atoms with van der Waals surface area (Å²) >= 11 is 0. The van der Waals surface area contributed by atoms with Gasteiger partial charge in [-0.15, -0.1) is 0 Å². The van der Waals surface area contributed by atoms with Crippen molar-refractivity contribution < 1.29 is 18.0 Å². The van der Waals surface area contributed by atoms with Gasteiger partial charge in [-0.25, -0.2) is 13.2 Å². The average Bonchev–Trinajstić information content (AvgIpc) is 3.43. The van der Waals surface area contributed by atoms with E-state index in [9.17, 15) is 18.0 Å². The Morgan fingerprint density at radius 1 is 1.09 bits per heavy atom. The normalized spacial score (nSPS) is 24.9. The molecule has 1 fully saturated rings. The van der Waals surface area contributed by atoms with Crippen molar-refractivity contribution in [1.82, 2.24) is 15.5 Å². The number of hydrogen-bond donors (Lipinski definition) is 3. The van der Waals surface area contributed by atoms with Crippen molar-refractivity contribution in [3.63, 3.8) is 0 Å². The fourth-order valence-electron chi connectivity index (χ4n) is 4.78. The van der Waals surface area contributed by atoms with E-state index < -0.39 is 15.8 Å². The molecule has 2 unspecified atom stereocenters. The Kier molecular flexibility index (Phi) is 6.03. The number of allylic oxidation sites excluding steroid dienone is 2. The Bertz CT molecular complexity index is 1230. The molecule has 3 amide bonds. The second kappa shape index (κ2) is 9.13. The summed E-state index contributed by atoms with van der Waals surface area (Å²) in [6, 6.07) is 7.67. The molecule has 3 heterocycles. The summed E-state index contributed by atoms with van der Waals surface area (Å²) in [6.07, 6.45) is 12.5. The minimum Gasteiger partial charge on any atom is -0.367 e. The second-order valence-corrected chi connectivity index (χ2v) is 11.4. The quantitative estimate of drug-likeness (QED) is 0.614. The Morgan fingerprint density at radius 3 is 2.59 bits per heavy atom. The smallest absolute Gasteiger partial charge is 0.326 e. The molecular formula is C25H28N4O4S. The lowest BCUT2D eigenvalue weighted by atomic mass is 9.90. The highest BCUT2D eigenvalue weighted by molar-refractivity contribution is 7.91. The van der Waals surface area contributed by atoms with Crippen LogP contribution >= 0.6 is 0 Å². The predicted molar refractivity (Wildman–Crippen MR) is 131 cm³/mol. The van der Waals surface area contributed by atoms with Crippen LogP contribution in [0.3, 0.4) is 0 Å². The number of carbonyl (C=O) groups excluding carboxylic acids is 2. The van der Waals surface area contributed by atoms with Crippen LogP contribution in [0.15, 0.2) is 66.2 Å². The number of urea groups is 1. The fraction of sp³-hybridized carbons (Fsp3) is 0.360. The topological polar surface area (TPSA) is 108 Å². The van der Waals surface area contributed by atoms with Crippen LogP contribution in [-0.2, 0) is 14.6 Å². The van der Waals surface area contributed by atoms with Crippen molar-refractivity contribution in [3.8, 4) is 0 Å². The third-order valence-corrected chi connectivity index (χ3v) is 8.52. The standard InChI is InChI=1S/C25H28N4O4S/c30-24(20-10-12-34(32,33)16-20)27-22-5-1-17(2-6-22)18-3-7-23(8-4-18)28-25(31)29-14-19-9-11-26-13-21(19)15-29/h1,3-4,7-9,11,13-14,20,22,26H,2,5-6,10,12,15-16H2,(H,27,30)(H,28,31). The van der Waals surface area contributed by atoms with E-state index in [1.165, 1.54) is 5.57 Å². The predicted octanol–water partition coefficient (Wildman–Crippen LogP) is 2.91. The number of dihydropyridines is 1. The molecule has 5 rings (SSSR count). The number of hydrogen-bond acceptors (Lipinski definition) is 5. The van der Waals surface area contributed by atoms with Crippen LogP contribution in [0.1, 0.15) is 31.2 Å². The lowest BCUT2D eigenvalue weighted by molar-refractivity contribution is -0.125. The Hall–Kier alpha value is -3.33. The molecular weight excluding hydrogens is 452 g/mol. The van der Waals surface area contributed by atoms with Gasteiger partial charge in [0.05, 0.1) is 24.0 Å². The minimum atomic E-state index is -3.06. The van der Waals surface area contributed by atoms with E-state index in [1.807, 2.05) is 48.9 Å². The van der Waals surface area contributed by atoms with Crippen LogP contribution in [0.2, 0.25) is 0 Å². The molecule has 4 aliphatic rings. The van der Waals surface area contributed by atoms with Gasteiger partial charge in [0.1, 0.15) is 0 Å². The van der Waals surface area contributed by atoms with Crippen molar-refractivity contribution in [2.75, 3.05) is 23.4 Å². The number of anilines is 1. The Labute approximate surface area is 199 Å². The first-order valence-electron chi connectivity index (χ1n) is 11.6. The zero-order chi connectivity index (χ0) is 23.7. The van der Waals surface area contributed by atoms with Gasteiger partial charge >= 0.3 is 6.03 Å². The molecule has 34 heavy (non-hydrogen) atoms. The SMILES string of the molecule is O=C(NC1CC=C(c2ccc(NC(=O)N3C=C4C=CNC=C4C3)cc2)CC1)C1CCS(=O)(=O)C1. The molecule has 178 valence electrons. The third-order valence-electron chi connectivity index (χ3n) is 6.75. The van der Waals surface area contributed by atoms with Gasteiger partial charge in [0, 0.05) is 30.3 Å². The third kappa shape index (κ3) is 4.94. The lowest BCUT2D eigenvalue weighted by Crippen LogP contribution is -2.40. The van der Waals surface area contributed by atoms with Crippen molar-refractivity contribution >= 4 is 33.0 Å². The van der Waals surface area contributed by atoms with Crippen LogP contribution in [0.4, 0.5) is 10.5 Å². The van der Waals surface area contributed by atoms with Crippen molar-refractivity contribution in [3.05, 3.63) is 71.7 Å². The summed E-state index contributed by atoms with van der Waals surface area (Å²) in [5.74, 6) is -0.473. The van der Waals surface area contributed by atoms with Gasteiger partial charge < -0.3 is 16.0 Å². The average molecular weight is 481 g/mol. The summed E-state index contributed by atoms with van der Waals surface area (Å²) in [4.78, 5) is 26.7. The molecule has 3 aliphatic heterocycles. The van der Waals surface area contributed by atoms with Gasteiger partial charge in [-0.2, -0.15) is 0 Å². The number of fused-ring (bicyclic) bond motifs is 1. The van der Waals surface area contributed by atoms with E-state index in [-0.39, 0.29) is 29.5 Å². The van der Waals surface area contributed by atoms with Gasteiger partial charge in [-0.1, -0.05) is 18.2 Å². The van der Waals surface area contributed by atoms with Gasteiger partial charge in [0.25, 0.3) is 0 Å². The van der Waals surface area contributed by atoms with Gasteiger partial charge in [-0.05, 0) is 66.2 Å². The van der Waals surface area contributed by atoms with E-state index in [0.29, 0.717) is 13.0 Å². The maximum atomic E-state index is 12.6. The minimum absolute atomic E-state index is 0.0309. The van der Waals surface area contributed by atoms with E-state index in [1.54, 1.807) is 4.90 Å². The van der Waals surface area contributed by atoms with Crippen molar-refractivity contribution in [1.29, 1.82) is 0 Å². The molecule has 2 atom stereocenters. The maximum absolute atomic E-state index is 12.6.